The highest BCUT2D eigenvalue weighted by Crippen LogP contribution is 2.31. The van der Waals surface area contributed by atoms with Crippen molar-refractivity contribution in [3.05, 3.63) is 31.4 Å². The molecule has 0 saturated heterocycles. The highest BCUT2D eigenvalue weighted by atomic mass is 127. The van der Waals surface area contributed by atoms with Crippen LogP contribution < -0.4 is 4.74 Å². The van der Waals surface area contributed by atoms with E-state index in [1.165, 1.54) is 6.92 Å². The number of non-ortho nitro benzene ring substituents is 1. The minimum Gasteiger partial charge on any atom is -0.434 e. The van der Waals surface area contributed by atoms with Gasteiger partial charge in [-0.05, 0) is 29.5 Å². The number of nitro groups is 1. The van der Waals surface area contributed by atoms with E-state index in [9.17, 15) is 23.7 Å². The van der Waals surface area contributed by atoms with Gasteiger partial charge in [0, 0.05) is 9.64 Å². The van der Waals surface area contributed by atoms with Gasteiger partial charge in [-0.15, -0.1) is 0 Å². The van der Waals surface area contributed by atoms with Crippen LogP contribution in [-0.4, -0.2) is 17.3 Å². The molecule has 0 saturated carbocycles. The minimum absolute atomic E-state index is 0.0866. The number of carbonyl (C=O) groups excluding carboxylic acids is 1. The molecule has 1 rings (SSSR count). The molecule has 0 aliphatic rings. The maximum atomic E-state index is 12.1. The Hall–Kier alpha value is -1.32. The van der Waals surface area contributed by atoms with Gasteiger partial charge in [0.2, 0.25) is 0 Å². The van der Waals surface area contributed by atoms with Crippen LogP contribution in [0.1, 0.15) is 17.3 Å². The Bertz CT molecular complexity index is 478. The lowest BCUT2D eigenvalue weighted by atomic mass is 10.1. The fourth-order valence-electron chi connectivity index (χ4n) is 1.20. The van der Waals surface area contributed by atoms with Crippen LogP contribution in [0.15, 0.2) is 12.1 Å². The Labute approximate surface area is 108 Å². The molecule has 5 nitrogen and oxygen atoms in total. The second-order valence-corrected chi connectivity index (χ2v) is 4.15. The second-order valence-electron chi connectivity index (χ2n) is 2.99. The molecule has 17 heavy (non-hydrogen) atoms. The molecule has 0 aliphatic heterocycles. The molecular weight excluding hydrogens is 351 g/mol. The van der Waals surface area contributed by atoms with Crippen LogP contribution in [0.3, 0.4) is 0 Å². The zero-order chi connectivity index (χ0) is 13.2. The number of ketones is 1. The second kappa shape index (κ2) is 5.34. The van der Waals surface area contributed by atoms with Crippen LogP contribution >= 0.6 is 22.6 Å². The molecule has 0 unspecified atom stereocenters. The number of ether oxygens (including phenoxy) is 1. The van der Waals surface area contributed by atoms with Crippen molar-refractivity contribution in [2.24, 2.45) is 0 Å². The van der Waals surface area contributed by atoms with E-state index in [0.717, 1.165) is 12.1 Å². The van der Waals surface area contributed by atoms with Crippen LogP contribution in [0.4, 0.5) is 14.5 Å². The molecule has 1 aromatic rings. The van der Waals surface area contributed by atoms with Crippen LogP contribution in [0, 0.1) is 13.7 Å². The molecule has 92 valence electrons. The summed E-state index contributed by atoms with van der Waals surface area (Å²) in [5, 5.41) is 10.5. The van der Waals surface area contributed by atoms with E-state index in [0.29, 0.717) is 0 Å². The topological polar surface area (TPSA) is 69.4 Å². The van der Waals surface area contributed by atoms with Gasteiger partial charge in [-0.1, -0.05) is 0 Å². The van der Waals surface area contributed by atoms with E-state index in [4.69, 9.17) is 0 Å². The SMILES string of the molecule is CC(=O)c1c(I)cc([N+](=O)[O-])cc1OC(F)F. The van der Waals surface area contributed by atoms with Gasteiger partial charge in [0.15, 0.2) is 5.78 Å². The molecule has 0 radical (unpaired) electrons. The van der Waals surface area contributed by atoms with Crippen LogP contribution in [0.5, 0.6) is 5.75 Å². The molecule has 0 fully saturated rings. The van der Waals surface area contributed by atoms with Crippen LogP contribution in [0.2, 0.25) is 0 Å². The number of nitrogens with zero attached hydrogens (tertiary/aromatic N) is 1. The number of hydrogen-bond acceptors (Lipinski definition) is 4. The molecule has 0 atom stereocenters. The molecule has 0 spiro atoms. The quantitative estimate of drug-likeness (QED) is 0.360. The van der Waals surface area contributed by atoms with Crippen molar-refractivity contribution in [2.75, 3.05) is 0 Å². The summed E-state index contributed by atoms with van der Waals surface area (Å²) < 4.78 is 28.6. The number of Topliss-reactive ketones (excluding diaryl/α,β-unsaturated/α-hetero) is 1. The van der Waals surface area contributed by atoms with Crippen molar-refractivity contribution >= 4 is 34.1 Å². The smallest absolute Gasteiger partial charge is 0.387 e. The van der Waals surface area contributed by atoms with Gasteiger partial charge in [0.1, 0.15) is 5.75 Å². The molecule has 1 aromatic carbocycles. The lowest BCUT2D eigenvalue weighted by Gasteiger charge is -2.10. The summed E-state index contributed by atoms with van der Waals surface area (Å²) in [6, 6.07) is 1.93. The third-order valence-corrected chi connectivity index (χ3v) is 2.67. The van der Waals surface area contributed by atoms with Gasteiger partial charge in [-0.25, -0.2) is 0 Å². The Morgan fingerprint density at radius 1 is 1.53 bits per heavy atom. The number of hydrogen-bond donors (Lipinski definition) is 0. The number of carbonyl (C=O) groups is 1. The Morgan fingerprint density at radius 2 is 2.12 bits per heavy atom. The summed E-state index contributed by atoms with van der Waals surface area (Å²) in [5.41, 5.74) is -0.494. The normalized spacial score (nSPS) is 10.4. The summed E-state index contributed by atoms with van der Waals surface area (Å²) in [4.78, 5) is 21.1. The van der Waals surface area contributed by atoms with Gasteiger partial charge >= 0.3 is 6.61 Å². The van der Waals surface area contributed by atoms with Crippen molar-refractivity contribution in [3.8, 4) is 5.75 Å². The zero-order valence-electron chi connectivity index (χ0n) is 8.45. The molecule has 0 heterocycles. The maximum absolute atomic E-state index is 12.1. The maximum Gasteiger partial charge on any atom is 0.387 e. The first-order valence-corrected chi connectivity index (χ1v) is 5.34. The number of alkyl halides is 2. The largest absolute Gasteiger partial charge is 0.434 e. The van der Waals surface area contributed by atoms with Gasteiger partial charge in [-0.3, -0.25) is 14.9 Å². The van der Waals surface area contributed by atoms with E-state index in [1.54, 1.807) is 22.6 Å². The lowest BCUT2D eigenvalue weighted by Crippen LogP contribution is -2.08. The fraction of sp³-hybridized carbons (Fsp3) is 0.222. The van der Waals surface area contributed by atoms with Gasteiger partial charge in [0.05, 0.1) is 16.6 Å². The van der Waals surface area contributed by atoms with Crippen molar-refractivity contribution in [3.63, 3.8) is 0 Å². The van der Waals surface area contributed by atoms with Crippen molar-refractivity contribution in [1.29, 1.82) is 0 Å². The summed E-state index contributed by atoms with van der Waals surface area (Å²) >= 11 is 1.66. The molecule has 8 heteroatoms. The van der Waals surface area contributed by atoms with Crippen molar-refractivity contribution in [2.45, 2.75) is 13.5 Å². The Balaban J connectivity index is 3.39. The third-order valence-electron chi connectivity index (χ3n) is 1.82. The standard InChI is InChI=1S/C9H6F2INO4/c1-4(14)8-6(12)2-5(13(15)16)3-7(8)17-9(10)11/h2-3,9H,1H3. The Kier molecular flexibility index (Phi) is 4.32. The highest BCUT2D eigenvalue weighted by Gasteiger charge is 2.21. The number of nitro benzene ring substituents is 1. The average molecular weight is 357 g/mol. The molecule has 0 amide bonds. The zero-order valence-corrected chi connectivity index (χ0v) is 10.6. The predicted molar refractivity (Wildman–Crippen MR) is 62.4 cm³/mol. The van der Waals surface area contributed by atoms with E-state index in [2.05, 4.69) is 4.74 Å². The first kappa shape index (κ1) is 13.7. The molecule has 0 aromatic heterocycles. The Morgan fingerprint density at radius 3 is 2.53 bits per heavy atom. The van der Waals surface area contributed by atoms with E-state index in [1.807, 2.05) is 0 Å². The number of rotatable bonds is 4. The average Bonchev–Trinajstić information content (AvgIpc) is 2.14. The van der Waals surface area contributed by atoms with Crippen LogP contribution in [-0.2, 0) is 0 Å². The lowest BCUT2D eigenvalue weighted by molar-refractivity contribution is -0.385. The fourth-order valence-corrected chi connectivity index (χ4v) is 2.17. The van der Waals surface area contributed by atoms with Gasteiger partial charge in [0.25, 0.3) is 5.69 Å². The summed E-state index contributed by atoms with van der Waals surface area (Å²) in [6.45, 7) is -1.98. The predicted octanol–water partition coefficient (Wildman–Crippen LogP) is 3.00. The van der Waals surface area contributed by atoms with Crippen molar-refractivity contribution < 1.29 is 23.2 Å². The third kappa shape index (κ3) is 3.32. The van der Waals surface area contributed by atoms with Crippen LogP contribution in [0.25, 0.3) is 0 Å². The molecular formula is C9H6F2INO4. The first-order chi connectivity index (χ1) is 7.82. The molecule has 0 aliphatic carbocycles. The van der Waals surface area contributed by atoms with Gasteiger partial charge < -0.3 is 4.74 Å². The van der Waals surface area contributed by atoms with Gasteiger partial charge in [-0.2, -0.15) is 8.78 Å². The summed E-state index contributed by atoms with van der Waals surface area (Å²) in [7, 11) is 0. The molecule has 0 N–H and O–H groups in total. The minimum atomic E-state index is -3.15. The van der Waals surface area contributed by atoms with E-state index < -0.39 is 28.8 Å². The monoisotopic (exact) mass is 357 g/mol. The van der Waals surface area contributed by atoms with Crippen molar-refractivity contribution in [1.82, 2.24) is 0 Å². The first-order valence-electron chi connectivity index (χ1n) is 4.26. The number of halogens is 3. The van der Waals surface area contributed by atoms with E-state index in [-0.39, 0.29) is 9.13 Å². The highest BCUT2D eigenvalue weighted by molar-refractivity contribution is 14.1. The summed E-state index contributed by atoms with van der Waals surface area (Å²) in [6.07, 6.45) is 0. The molecule has 0 bridgehead atoms. The van der Waals surface area contributed by atoms with E-state index >= 15 is 0 Å². The summed E-state index contributed by atoms with van der Waals surface area (Å²) in [5.74, 6) is -0.981. The number of benzene rings is 1.